The summed E-state index contributed by atoms with van der Waals surface area (Å²) in [6.07, 6.45) is 0. The molecule has 0 aliphatic rings. The smallest absolute Gasteiger partial charge is 0.278 e. The van der Waals surface area contributed by atoms with Crippen molar-refractivity contribution < 1.29 is 4.79 Å². The van der Waals surface area contributed by atoms with Crippen molar-refractivity contribution in [3.05, 3.63) is 72.1 Å². The van der Waals surface area contributed by atoms with Gasteiger partial charge in [0.1, 0.15) is 0 Å². The first-order valence-electron chi connectivity index (χ1n) is 7.51. The summed E-state index contributed by atoms with van der Waals surface area (Å²) in [6.45, 7) is 1.93. The first-order chi connectivity index (χ1) is 11.1. The maximum atomic E-state index is 12.7. The number of para-hydroxylation sites is 1. The molecule has 0 aliphatic carbocycles. The van der Waals surface area contributed by atoms with Gasteiger partial charge in [-0.1, -0.05) is 48.5 Å². The molecule has 0 atom stereocenters. The van der Waals surface area contributed by atoms with E-state index in [0.29, 0.717) is 5.69 Å². The molecule has 0 fully saturated rings. The Bertz CT molecular complexity index is 817. The summed E-state index contributed by atoms with van der Waals surface area (Å²) in [5.74, 6) is -0.114. The topological polar surface area (TPSA) is 38.1 Å². The standard InChI is InChI=1S/C19H19N3O/c1-14-13-17(20-22(14)3)19(23)21(2)18-12-8-7-11-16(18)15-9-5-4-6-10-15/h4-13H,1-3H3. The van der Waals surface area contributed by atoms with E-state index in [9.17, 15) is 4.79 Å². The molecule has 1 aromatic heterocycles. The second-order valence-electron chi connectivity index (χ2n) is 5.54. The van der Waals surface area contributed by atoms with E-state index in [4.69, 9.17) is 0 Å². The lowest BCUT2D eigenvalue weighted by atomic mass is 10.0. The van der Waals surface area contributed by atoms with Crippen molar-refractivity contribution in [3.63, 3.8) is 0 Å². The maximum absolute atomic E-state index is 12.7. The monoisotopic (exact) mass is 305 g/mol. The van der Waals surface area contributed by atoms with Gasteiger partial charge < -0.3 is 4.90 Å². The normalized spacial score (nSPS) is 10.6. The Morgan fingerprint density at radius 2 is 1.70 bits per heavy atom. The average molecular weight is 305 g/mol. The SMILES string of the molecule is Cc1cc(C(=O)N(C)c2ccccc2-c2ccccc2)nn1C. The molecule has 0 aliphatic heterocycles. The molecule has 0 N–H and O–H groups in total. The van der Waals surface area contributed by atoms with Gasteiger partial charge in [-0.3, -0.25) is 9.48 Å². The molecule has 4 heteroatoms. The lowest BCUT2D eigenvalue weighted by molar-refractivity contribution is 0.0987. The second kappa shape index (κ2) is 6.08. The van der Waals surface area contributed by atoms with Crippen molar-refractivity contribution in [2.24, 2.45) is 7.05 Å². The van der Waals surface area contributed by atoms with Crippen LogP contribution in [0, 0.1) is 6.92 Å². The van der Waals surface area contributed by atoms with Crippen LogP contribution in [0.25, 0.3) is 11.1 Å². The van der Waals surface area contributed by atoms with Crippen LogP contribution in [0.3, 0.4) is 0 Å². The van der Waals surface area contributed by atoms with Crippen LogP contribution in [0.4, 0.5) is 5.69 Å². The van der Waals surface area contributed by atoms with E-state index in [1.165, 1.54) is 0 Å². The molecule has 0 bridgehead atoms. The van der Waals surface area contributed by atoms with E-state index < -0.39 is 0 Å². The maximum Gasteiger partial charge on any atom is 0.278 e. The molecule has 116 valence electrons. The zero-order valence-corrected chi connectivity index (χ0v) is 13.5. The predicted octanol–water partition coefficient (Wildman–Crippen LogP) is 3.67. The Balaban J connectivity index is 2.00. The number of aryl methyl sites for hydroxylation is 2. The van der Waals surface area contributed by atoms with Gasteiger partial charge in [0, 0.05) is 25.4 Å². The van der Waals surface area contributed by atoms with Gasteiger partial charge in [0.25, 0.3) is 5.91 Å². The summed E-state index contributed by atoms with van der Waals surface area (Å²) < 4.78 is 1.71. The average Bonchev–Trinajstić information content (AvgIpc) is 2.93. The lowest BCUT2D eigenvalue weighted by Crippen LogP contribution is -2.27. The van der Waals surface area contributed by atoms with Crippen molar-refractivity contribution in [3.8, 4) is 11.1 Å². The quantitative estimate of drug-likeness (QED) is 0.740. The number of carbonyl (C=O) groups excluding carboxylic acids is 1. The van der Waals surface area contributed by atoms with E-state index in [0.717, 1.165) is 22.5 Å². The van der Waals surface area contributed by atoms with Crippen LogP contribution in [0.15, 0.2) is 60.7 Å². The molecule has 1 heterocycles. The Kier molecular flexibility index (Phi) is 3.98. The summed E-state index contributed by atoms with van der Waals surface area (Å²) in [7, 11) is 3.62. The fraction of sp³-hybridized carbons (Fsp3) is 0.158. The van der Waals surface area contributed by atoms with Gasteiger partial charge in [-0.05, 0) is 24.6 Å². The molecule has 1 amide bonds. The molecule has 0 radical (unpaired) electrons. The third-order valence-electron chi connectivity index (χ3n) is 3.99. The third kappa shape index (κ3) is 2.88. The number of nitrogens with zero attached hydrogens (tertiary/aromatic N) is 3. The zero-order valence-electron chi connectivity index (χ0n) is 13.5. The number of rotatable bonds is 3. The van der Waals surface area contributed by atoms with Crippen molar-refractivity contribution in [2.45, 2.75) is 6.92 Å². The van der Waals surface area contributed by atoms with Crippen LogP contribution in [0.2, 0.25) is 0 Å². The Labute approximate surface area is 136 Å². The first kappa shape index (κ1) is 15.0. The Morgan fingerprint density at radius 3 is 2.35 bits per heavy atom. The molecular weight excluding hydrogens is 286 g/mol. The van der Waals surface area contributed by atoms with Gasteiger partial charge in [-0.15, -0.1) is 0 Å². The van der Waals surface area contributed by atoms with Crippen molar-refractivity contribution in [1.82, 2.24) is 9.78 Å². The van der Waals surface area contributed by atoms with E-state index in [2.05, 4.69) is 5.10 Å². The highest BCUT2D eigenvalue weighted by atomic mass is 16.2. The molecule has 3 aromatic rings. The van der Waals surface area contributed by atoms with Gasteiger partial charge in [0.2, 0.25) is 0 Å². The molecule has 0 saturated carbocycles. The highest BCUT2D eigenvalue weighted by Crippen LogP contribution is 2.30. The zero-order chi connectivity index (χ0) is 16.4. The van der Waals surface area contributed by atoms with Gasteiger partial charge in [-0.25, -0.2) is 0 Å². The molecule has 23 heavy (non-hydrogen) atoms. The van der Waals surface area contributed by atoms with Crippen LogP contribution in [-0.2, 0) is 7.05 Å². The number of hydrogen-bond acceptors (Lipinski definition) is 2. The summed E-state index contributed by atoms with van der Waals surface area (Å²) in [6, 6.07) is 19.8. The number of carbonyl (C=O) groups is 1. The van der Waals surface area contributed by atoms with Gasteiger partial charge in [0.05, 0.1) is 5.69 Å². The van der Waals surface area contributed by atoms with Gasteiger partial charge in [0.15, 0.2) is 5.69 Å². The van der Waals surface area contributed by atoms with Crippen LogP contribution in [0.5, 0.6) is 0 Å². The minimum absolute atomic E-state index is 0.114. The van der Waals surface area contributed by atoms with Crippen LogP contribution in [0.1, 0.15) is 16.2 Å². The summed E-state index contributed by atoms with van der Waals surface area (Å²) in [5, 5.41) is 4.28. The number of benzene rings is 2. The fourth-order valence-electron chi connectivity index (χ4n) is 2.57. The number of hydrogen-bond donors (Lipinski definition) is 0. The van der Waals surface area contributed by atoms with Crippen LogP contribution >= 0.6 is 0 Å². The summed E-state index contributed by atoms with van der Waals surface area (Å²) in [5.41, 5.74) is 4.39. The van der Waals surface area contributed by atoms with E-state index in [1.54, 1.807) is 16.6 Å². The van der Waals surface area contributed by atoms with Crippen molar-refractivity contribution in [1.29, 1.82) is 0 Å². The highest BCUT2D eigenvalue weighted by molar-refractivity contribution is 6.06. The largest absolute Gasteiger partial charge is 0.309 e. The fourth-order valence-corrected chi connectivity index (χ4v) is 2.57. The van der Waals surface area contributed by atoms with Crippen LogP contribution < -0.4 is 4.90 Å². The molecule has 3 rings (SSSR count). The predicted molar refractivity (Wildman–Crippen MR) is 92.6 cm³/mol. The molecule has 0 saturated heterocycles. The number of amides is 1. The highest BCUT2D eigenvalue weighted by Gasteiger charge is 2.19. The Hall–Kier alpha value is -2.88. The minimum atomic E-state index is -0.114. The summed E-state index contributed by atoms with van der Waals surface area (Å²) >= 11 is 0. The first-order valence-corrected chi connectivity index (χ1v) is 7.51. The van der Waals surface area contributed by atoms with E-state index >= 15 is 0 Å². The van der Waals surface area contributed by atoms with Crippen LogP contribution in [-0.4, -0.2) is 22.7 Å². The molecule has 2 aromatic carbocycles. The summed E-state index contributed by atoms with van der Waals surface area (Å²) in [4.78, 5) is 14.4. The van der Waals surface area contributed by atoms with E-state index in [1.807, 2.05) is 74.6 Å². The Morgan fingerprint density at radius 1 is 1.04 bits per heavy atom. The molecular formula is C19H19N3O. The number of anilines is 1. The minimum Gasteiger partial charge on any atom is -0.309 e. The molecule has 0 unspecified atom stereocenters. The van der Waals surface area contributed by atoms with Crippen molar-refractivity contribution >= 4 is 11.6 Å². The molecule has 4 nitrogen and oxygen atoms in total. The lowest BCUT2D eigenvalue weighted by Gasteiger charge is -2.20. The second-order valence-corrected chi connectivity index (χ2v) is 5.54. The third-order valence-corrected chi connectivity index (χ3v) is 3.99. The van der Waals surface area contributed by atoms with Crippen molar-refractivity contribution in [2.75, 3.05) is 11.9 Å². The van der Waals surface area contributed by atoms with Gasteiger partial charge in [-0.2, -0.15) is 5.10 Å². The number of aromatic nitrogens is 2. The van der Waals surface area contributed by atoms with Gasteiger partial charge >= 0.3 is 0 Å². The van der Waals surface area contributed by atoms with E-state index in [-0.39, 0.29) is 5.91 Å². The molecule has 0 spiro atoms.